The Hall–Kier alpha value is -3.59. The van der Waals surface area contributed by atoms with E-state index in [1.165, 1.54) is 11.3 Å². The van der Waals surface area contributed by atoms with Crippen LogP contribution in [0.4, 0.5) is 10.9 Å². The summed E-state index contributed by atoms with van der Waals surface area (Å²) in [5.74, 6) is -0.246. The Bertz CT molecular complexity index is 1220. The summed E-state index contributed by atoms with van der Waals surface area (Å²) in [4.78, 5) is 26.9. The molecule has 0 saturated carbocycles. The summed E-state index contributed by atoms with van der Waals surface area (Å²) >= 11 is 1.35. The van der Waals surface area contributed by atoms with E-state index < -0.39 is 5.92 Å². The molecule has 1 aliphatic heterocycles. The summed E-state index contributed by atoms with van der Waals surface area (Å²) in [5.41, 5.74) is 1.99. The highest BCUT2D eigenvalue weighted by atomic mass is 32.1. The Morgan fingerprint density at radius 2 is 1.93 bits per heavy atom. The van der Waals surface area contributed by atoms with E-state index in [9.17, 15) is 9.59 Å². The number of H-pyrrole nitrogens is 1. The number of carbonyl (C=O) groups is 2. The fourth-order valence-corrected chi connectivity index (χ4v) is 4.37. The third-order valence-corrected chi connectivity index (χ3v) is 5.94. The van der Waals surface area contributed by atoms with Crippen LogP contribution >= 0.6 is 11.3 Å². The maximum atomic E-state index is 12.7. The number of anilines is 2. The number of hydrogen-bond donors (Lipinski definition) is 2. The number of aromatic nitrogens is 4. The summed E-state index contributed by atoms with van der Waals surface area (Å²) in [5, 5.41) is 20.4. The summed E-state index contributed by atoms with van der Waals surface area (Å²) in [6.45, 7) is 0.287. The monoisotopic (exact) mass is 418 g/mol. The molecule has 3 heterocycles. The maximum Gasteiger partial charge on any atom is 0.231 e. The number of nitrogens with one attached hydrogen (secondary N) is 2. The number of para-hydroxylation sites is 1. The number of amides is 2. The molecule has 30 heavy (non-hydrogen) atoms. The van der Waals surface area contributed by atoms with Gasteiger partial charge in [0, 0.05) is 24.8 Å². The summed E-state index contributed by atoms with van der Waals surface area (Å²) in [7, 11) is 0. The molecular formula is C21H18N6O2S. The average Bonchev–Trinajstić information content (AvgIpc) is 3.47. The van der Waals surface area contributed by atoms with Crippen LogP contribution in [-0.2, 0) is 16.0 Å². The van der Waals surface area contributed by atoms with Crippen LogP contribution in [0.15, 0.2) is 54.6 Å². The lowest BCUT2D eigenvalue weighted by Crippen LogP contribution is -2.28. The Morgan fingerprint density at radius 1 is 1.13 bits per heavy atom. The van der Waals surface area contributed by atoms with Crippen molar-refractivity contribution in [2.75, 3.05) is 16.8 Å². The van der Waals surface area contributed by atoms with E-state index in [1.54, 1.807) is 4.90 Å². The standard InChI is InChI=1S/C21H18N6O2S/c28-18-11-14(12-27(18)19-15-8-4-5-9-16(15)23-25-19)20(29)22-21-26-24-17(30-21)10-13-6-2-1-3-7-13/h1-9,14H,10-12H2,(H,23,25)(H,22,26,29). The van der Waals surface area contributed by atoms with Gasteiger partial charge in [-0.2, -0.15) is 5.10 Å². The topological polar surface area (TPSA) is 104 Å². The number of nitrogens with zero attached hydrogens (tertiary/aromatic N) is 4. The third kappa shape index (κ3) is 3.55. The Kier molecular flexibility index (Phi) is 4.72. The minimum absolute atomic E-state index is 0.116. The van der Waals surface area contributed by atoms with E-state index in [0.717, 1.165) is 21.5 Å². The second-order valence-electron chi connectivity index (χ2n) is 7.15. The van der Waals surface area contributed by atoms with Gasteiger partial charge in [-0.1, -0.05) is 53.8 Å². The Balaban J connectivity index is 1.26. The smallest absolute Gasteiger partial charge is 0.231 e. The minimum atomic E-state index is -0.463. The van der Waals surface area contributed by atoms with Crippen molar-refractivity contribution in [1.29, 1.82) is 0 Å². The molecule has 1 unspecified atom stereocenters. The zero-order valence-corrected chi connectivity index (χ0v) is 16.7. The predicted octanol–water partition coefficient (Wildman–Crippen LogP) is 3.00. The molecule has 1 saturated heterocycles. The quantitative estimate of drug-likeness (QED) is 0.519. The zero-order valence-electron chi connectivity index (χ0n) is 15.9. The first kappa shape index (κ1) is 18.4. The minimum Gasteiger partial charge on any atom is -0.300 e. The number of fused-ring (bicyclic) bond motifs is 1. The van der Waals surface area contributed by atoms with Gasteiger partial charge in [-0.15, -0.1) is 10.2 Å². The Labute approximate surface area is 175 Å². The lowest BCUT2D eigenvalue weighted by molar-refractivity contribution is -0.122. The van der Waals surface area contributed by atoms with Gasteiger partial charge < -0.3 is 5.32 Å². The molecule has 0 bridgehead atoms. The molecule has 0 aliphatic carbocycles. The summed E-state index contributed by atoms with van der Waals surface area (Å²) in [6, 6.07) is 17.6. The molecule has 1 aliphatic rings. The summed E-state index contributed by atoms with van der Waals surface area (Å²) in [6.07, 6.45) is 0.805. The molecule has 4 aromatic rings. The molecule has 5 rings (SSSR count). The van der Waals surface area contributed by atoms with Crippen LogP contribution in [0.3, 0.4) is 0 Å². The van der Waals surface area contributed by atoms with Crippen LogP contribution in [0, 0.1) is 5.92 Å². The number of benzene rings is 2. The molecule has 2 amide bonds. The molecular weight excluding hydrogens is 400 g/mol. The molecule has 9 heteroatoms. The van der Waals surface area contributed by atoms with Gasteiger partial charge in [0.1, 0.15) is 5.01 Å². The molecule has 1 atom stereocenters. The van der Waals surface area contributed by atoms with Crippen molar-refractivity contribution >= 4 is 45.0 Å². The summed E-state index contributed by atoms with van der Waals surface area (Å²) < 4.78 is 0. The normalized spacial score (nSPS) is 16.3. The first-order valence-corrected chi connectivity index (χ1v) is 10.4. The van der Waals surface area contributed by atoms with E-state index in [1.807, 2.05) is 54.6 Å². The van der Waals surface area contributed by atoms with Crippen LogP contribution in [0.1, 0.15) is 17.0 Å². The van der Waals surface area contributed by atoms with Crippen molar-refractivity contribution in [2.24, 2.45) is 5.92 Å². The molecule has 2 aromatic carbocycles. The van der Waals surface area contributed by atoms with Gasteiger partial charge in [-0.25, -0.2) is 0 Å². The predicted molar refractivity (Wildman–Crippen MR) is 114 cm³/mol. The zero-order chi connectivity index (χ0) is 20.5. The SMILES string of the molecule is O=C(Nc1nnc(Cc2ccccc2)s1)C1CC(=O)N(c2n[nH]c3ccccc23)C1. The van der Waals surface area contributed by atoms with Gasteiger partial charge in [0.2, 0.25) is 16.9 Å². The van der Waals surface area contributed by atoms with Gasteiger partial charge in [-0.3, -0.25) is 19.6 Å². The molecule has 2 aromatic heterocycles. The first-order valence-electron chi connectivity index (χ1n) is 9.58. The largest absolute Gasteiger partial charge is 0.300 e. The maximum absolute atomic E-state index is 12.7. The molecule has 2 N–H and O–H groups in total. The van der Waals surface area contributed by atoms with Crippen LogP contribution < -0.4 is 10.2 Å². The number of aromatic amines is 1. The molecule has 1 fully saturated rings. The van der Waals surface area contributed by atoms with Gasteiger partial charge in [0.05, 0.1) is 11.4 Å². The van der Waals surface area contributed by atoms with Crippen molar-refractivity contribution < 1.29 is 9.59 Å². The van der Waals surface area contributed by atoms with Crippen LogP contribution in [0.5, 0.6) is 0 Å². The highest BCUT2D eigenvalue weighted by Gasteiger charge is 2.37. The fraction of sp³-hybridized carbons (Fsp3) is 0.190. The van der Waals surface area contributed by atoms with E-state index in [2.05, 4.69) is 25.7 Å². The highest BCUT2D eigenvalue weighted by Crippen LogP contribution is 2.30. The molecule has 150 valence electrons. The van der Waals surface area contributed by atoms with Crippen molar-refractivity contribution in [2.45, 2.75) is 12.8 Å². The van der Waals surface area contributed by atoms with Crippen molar-refractivity contribution in [1.82, 2.24) is 20.4 Å². The third-order valence-electron chi connectivity index (χ3n) is 5.10. The van der Waals surface area contributed by atoms with E-state index in [0.29, 0.717) is 17.4 Å². The molecule has 0 radical (unpaired) electrons. The van der Waals surface area contributed by atoms with E-state index in [-0.39, 0.29) is 24.8 Å². The highest BCUT2D eigenvalue weighted by molar-refractivity contribution is 7.15. The van der Waals surface area contributed by atoms with Crippen molar-refractivity contribution in [3.05, 3.63) is 65.2 Å². The fourth-order valence-electron chi connectivity index (χ4n) is 3.60. The second-order valence-corrected chi connectivity index (χ2v) is 8.21. The van der Waals surface area contributed by atoms with E-state index in [4.69, 9.17) is 0 Å². The van der Waals surface area contributed by atoms with Gasteiger partial charge in [-0.05, 0) is 17.7 Å². The Morgan fingerprint density at radius 3 is 2.80 bits per heavy atom. The van der Waals surface area contributed by atoms with Crippen LogP contribution in [-0.4, -0.2) is 38.8 Å². The van der Waals surface area contributed by atoms with Gasteiger partial charge >= 0.3 is 0 Å². The molecule has 0 spiro atoms. The first-order chi connectivity index (χ1) is 14.7. The van der Waals surface area contributed by atoms with Crippen molar-refractivity contribution in [3.8, 4) is 0 Å². The number of carbonyl (C=O) groups excluding carboxylic acids is 2. The van der Waals surface area contributed by atoms with E-state index >= 15 is 0 Å². The number of hydrogen-bond acceptors (Lipinski definition) is 6. The second kappa shape index (κ2) is 7.68. The lowest BCUT2D eigenvalue weighted by atomic mass is 10.1. The lowest BCUT2D eigenvalue weighted by Gasteiger charge is -2.13. The number of rotatable bonds is 5. The average molecular weight is 418 g/mol. The van der Waals surface area contributed by atoms with Crippen LogP contribution in [0.2, 0.25) is 0 Å². The van der Waals surface area contributed by atoms with Gasteiger partial charge in [0.15, 0.2) is 5.82 Å². The molecule has 8 nitrogen and oxygen atoms in total. The van der Waals surface area contributed by atoms with Crippen molar-refractivity contribution in [3.63, 3.8) is 0 Å². The van der Waals surface area contributed by atoms with Gasteiger partial charge in [0.25, 0.3) is 0 Å². The van der Waals surface area contributed by atoms with Crippen LogP contribution in [0.25, 0.3) is 10.9 Å².